The van der Waals surface area contributed by atoms with E-state index in [4.69, 9.17) is 14.6 Å². The molecule has 0 aliphatic carbocycles. The molecule has 1 N–H and O–H groups in total. The van der Waals surface area contributed by atoms with Gasteiger partial charge in [0.05, 0.1) is 18.6 Å². The highest BCUT2D eigenvalue weighted by Gasteiger charge is 2.35. The van der Waals surface area contributed by atoms with E-state index in [-0.39, 0.29) is 18.6 Å². The maximum Gasteiger partial charge on any atom is 0.305 e. The first-order valence-corrected chi connectivity index (χ1v) is 6.75. The molecule has 1 aromatic rings. The van der Waals surface area contributed by atoms with Gasteiger partial charge < -0.3 is 14.6 Å². The van der Waals surface area contributed by atoms with Crippen LogP contribution in [0.2, 0.25) is 0 Å². The Kier molecular flexibility index (Phi) is 4.57. The quantitative estimate of drug-likeness (QED) is 0.918. The van der Waals surface area contributed by atoms with Crippen molar-refractivity contribution in [3.63, 3.8) is 0 Å². The van der Waals surface area contributed by atoms with Gasteiger partial charge in [-0.3, -0.25) is 4.79 Å². The lowest BCUT2D eigenvalue weighted by molar-refractivity contribution is -0.290. The van der Waals surface area contributed by atoms with E-state index in [1.54, 1.807) is 0 Å². The Morgan fingerprint density at radius 3 is 2.70 bits per heavy atom. The van der Waals surface area contributed by atoms with Gasteiger partial charge in [0.1, 0.15) is 0 Å². The standard InChI is InChI=1S/C16H20O4/c1-16(2)19-13(10-14(20-16)11-15(17)18)9-8-12-6-4-3-5-7-12/h3-9,13-14H,10-11H2,1-2H3,(H,17,18)/t13-,14-/m1/s1. The normalized spacial score (nSPS) is 25.7. The minimum absolute atomic E-state index is 0.00245. The molecule has 0 unspecified atom stereocenters. The van der Waals surface area contributed by atoms with Crippen LogP contribution in [0.3, 0.4) is 0 Å². The fourth-order valence-corrected chi connectivity index (χ4v) is 2.37. The minimum atomic E-state index is -0.849. The van der Waals surface area contributed by atoms with Crippen LogP contribution in [0.15, 0.2) is 36.4 Å². The lowest BCUT2D eigenvalue weighted by atomic mass is 10.0. The highest BCUT2D eigenvalue weighted by Crippen LogP contribution is 2.29. The summed E-state index contributed by atoms with van der Waals surface area (Å²) in [5, 5.41) is 8.89. The van der Waals surface area contributed by atoms with Crippen LogP contribution < -0.4 is 0 Å². The number of ether oxygens (including phenoxy) is 2. The number of carbonyl (C=O) groups is 1. The van der Waals surface area contributed by atoms with Gasteiger partial charge in [-0.05, 0) is 19.4 Å². The maximum atomic E-state index is 10.8. The molecular weight excluding hydrogens is 256 g/mol. The summed E-state index contributed by atoms with van der Waals surface area (Å²) in [5.74, 6) is -1.61. The maximum absolute atomic E-state index is 10.8. The van der Waals surface area contributed by atoms with Crippen molar-refractivity contribution in [3.8, 4) is 0 Å². The lowest BCUT2D eigenvalue weighted by Gasteiger charge is -2.39. The summed E-state index contributed by atoms with van der Waals surface area (Å²) in [6.45, 7) is 3.62. The molecule has 2 rings (SSSR count). The number of rotatable bonds is 4. The van der Waals surface area contributed by atoms with E-state index in [1.807, 2.05) is 56.3 Å². The number of hydrogen-bond donors (Lipinski definition) is 1. The number of aliphatic carboxylic acids is 1. The Balaban J connectivity index is 2.03. The molecule has 1 fully saturated rings. The van der Waals surface area contributed by atoms with Crippen LogP contribution in [0.1, 0.15) is 32.3 Å². The molecule has 1 heterocycles. The largest absolute Gasteiger partial charge is 0.481 e. The van der Waals surface area contributed by atoms with Crippen molar-refractivity contribution < 1.29 is 19.4 Å². The van der Waals surface area contributed by atoms with Crippen LogP contribution in [0.5, 0.6) is 0 Å². The molecule has 4 nitrogen and oxygen atoms in total. The molecule has 1 saturated heterocycles. The molecule has 0 saturated carbocycles. The van der Waals surface area contributed by atoms with Crippen molar-refractivity contribution in [2.45, 2.75) is 44.7 Å². The van der Waals surface area contributed by atoms with Crippen molar-refractivity contribution >= 4 is 12.0 Å². The van der Waals surface area contributed by atoms with Crippen LogP contribution in [0.4, 0.5) is 0 Å². The molecule has 0 bridgehead atoms. The molecular formula is C16H20O4. The van der Waals surface area contributed by atoms with Crippen molar-refractivity contribution in [3.05, 3.63) is 42.0 Å². The molecule has 108 valence electrons. The van der Waals surface area contributed by atoms with Crippen molar-refractivity contribution in [2.75, 3.05) is 0 Å². The van der Waals surface area contributed by atoms with Crippen LogP contribution in [-0.4, -0.2) is 29.1 Å². The van der Waals surface area contributed by atoms with Gasteiger partial charge in [-0.25, -0.2) is 0 Å². The average molecular weight is 276 g/mol. The molecule has 1 aliphatic heterocycles. The topological polar surface area (TPSA) is 55.8 Å². The molecule has 4 heteroatoms. The minimum Gasteiger partial charge on any atom is -0.481 e. The van der Waals surface area contributed by atoms with E-state index in [0.29, 0.717) is 6.42 Å². The summed E-state index contributed by atoms with van der Waals surface area (Å²) in [5.41, 5.74) is 1.09. The summed E-state index contributed by atoms with van der Waals surface area (Å²) >= 11 is 0. The molecule has 1 aliphatic rings. The van der Waals surface area contributed by atoms with Crippen LogP contribution >= 0.6 is 0 Å². The number of hydrogen-bond acceptors (Lipinski definition) is 3. The van der Waals surface area contributed by atoms with E-state index in [1.165, 1.54) is 0 Å². The summed E-state index contributed by atoms with van der Waals surface area (Å²) in [4.78, 5) is 10.8. The van der Waals surface area contributed by atoms with Gasteiger partial charge in [-0.1, -0.05) is 42.5 Å². The van der Waals surface area contributed by atoms with Gasteiger partial charge in [0.25, 0.3) is 0 Å². The SMILES string of the molecule is CC1(C)O[C@@H](CC(=O)O)C[C@@H](C=Cc2ccccc2)O1. The van der Waals surface area contributed by atoms with Gasteiger partial charge in [-0.2, -0.15) is 0 Å². The van der Waals surface area contributed by atoms with Gasteiger partial charge in [-0.15, -0.1) is 0 Å². The summed E-state index contributed by atoms with van der Waals surface area (Å²) in [6.07, 6.45) is 4.06. The monoisotopic (exact) mass is 276 g/mol. The number of carboxylic acids is 1. The summed E-state index contributed by atoms with van der Waals surface area (Å²) in [7, 11) is 0. The predicted molar refractivity (Wildman–Crippen MR) is 76.2 cm³/mol. The Hall–Kier alpha value is -1.65. The highest BCUT2D eigenvalue weighted by atomic mass is 16.7. The highest BCUT2D eigenvalue weighted by molar-refractivity contribution is 5.67. The zero-order valence-electron chi connectivity index (χ0n) is 11.8. The third-order valence-corrected chi connectivity index (χ3v) is 3.09. The molecule has 0 radical (unpaired) electrons. The molecule has 0 spiro atoms. The van der Waals surface area contributed by atoms with Crippen molar-refractivity contribution in [1.82, 2.24) is 0 Å². The van der Waals surface area contributed by atoms with E-state index >= 15 is 0 Å². The third kappa shape index (κ3) is 4.47. The smallest absolute Gasteiger partial charge is 0.305 e. The molecule has 0 amide bonds. The second kappa shape index (κ2) is 6.20. The second-order valence-electron chi connectivity index (χ2n) is 5.40. The Bertz CT molecular complexity index is 479. The molecule has 2 atom stereocenters. The first kappa shape index (κ1) is 14.8. The van der Waals surface area contributed by atoms with Gasteiger partial charge in [0, 0.05) is 6.42 Å². The van der Waals surface area contributed by atoms with Gasteiger partial charge in [0.2, 0.25) is 0 Å². The van der Waals surface area contributed by atoms with Gasteiger partial charge in [0.15, 0.2) is 5.79 Å². The number of carboxylic acid groups (broad SMARTS) is 1. The van der Waals surface area contributed by atoms with Crippen molar-refractivity contribution in [1.29, 1.82) is 0 Å². The van der Waals surface area contributed by atoms with Gasteiger partial charge >= 0.3 is 5.97 Å². The fraction of sp³-hybridized carbons (Fsp3) is 0.438. The Morgan fingerprint density at radius 2 is 2.05 bits per heavy atom. The van der Waals surface area contributed by atoms with E-state index in [2.05, 4.69) is 0 Å². The Labute approximate surface area is 119 Å². The predicted octanol–water partition coefficient (Wildman–Crippen LogP) is 3.08. The molecule has 0 aromatic heterocycles. The lowest BCUT2D eigenvalue weighted by Crippen LogP contribution is -2.44. The van der Waals surface area contributed by atoms with Crippen LogP contribution in [-0.2, 0) is 14.3 Å². The zero-order chi connectivity index (χ0) is 14.6. The number of benzene rings is 1. The zero-order valence-corrected chi connectivity index (χ0v) is 11.8. The van der Waals surface area contributed by atoms with E-state index in [9.17, 15) is 4.79 Å². The first-order valence-electron chi connectivity index (χ1n) is 6.75. The van der Waals surface area contributed by atoms with Crippen LogP contribution in [0.25, 0.3) is 6.08 Å². The molecule has 1 aromatic carbocycles. The van der Waals surface area contributed by atoms with Crippen LogP contribution in [0, 0.1) is 0 Å². The summed E-state index contributed by atoms with van der Waals surface area (Å²) in [6, 6.07) is 9.93. The molecule has 20 heavy (non-hydrogen) atoms. The fourth-order valence-electron chi connectivity index (χ4n) is 2.37. The average Bonchev–Trinajstić information content (AvgIpc) is 2.35. The summed E-state index contributed by atoms with van der Waals surface area (Å²) < 4.78 is 11.4. The second-order valence-corrected chi connectivity index (χ2v) is 5.40. The Morgan fingerprint density at radius 1 is 1.35 bits per heavy atom. The van der Waals surface area contributed by atoms with E-state index < -0.39 is 11.8 Å². The third-order valence-electron chi connectivity index (χ3n) is 3.09. The van der Waals surface area contributed by atoms with E-state index in [0.717, 1.165) is 5.56 Å². The first-order chi connectivity index (χ1) is 9.44. The van der Waals surface area contributed by atoms with Crippen molar-refractivity contribution in [2.24, 2.45) is 0 Å².